The predicted octanol–water partition coefficient (Wildman–Crippen LogP) is 2.13. The van der Waals surface area contributed by atoms with Crippen LogP contribution in [0.5, 0.6) is 0 Å². The third-order valence-corrected chi connectivity index (χ3v) is 2.92. The van der Waals surface area contributed by atoms with Crippen LogP contribution >= 0.6 is 11.6 Å². The lowest BCUT2D eigenvalue weighted by molar-refractivity contribution is 0.259. The lowest BCUT2D eigenvalue weighted by Gasteiger charge is -2.34. The molecule has 2 atom stereocenters. The molecule has 1 rings (SSSR count). The van der Waals surface area contributed by atoms with Crippen LogP contribution in [0.1, 0.15) is 32.6 Å². The van der Waals surface area contributed by atoms with Crippen LogP contribution in [-0.4, -0.2) is 11.4 Å². The van der Waals surface area contributed by atoms with Crippen molar-refractivity contribution >= 4 is 11.6 Å². The van der Waals surface area contributed by atoms with E-state index in [9.17, 15) is 0 Å². The van der Waals surface area contributed by atoms with E-state index in [2.05, 4.69) is 6.92 Å². The summed E-state index contributed by atoms with van der Waals surface area (Å²) in [6, 6.07) is 0. The molecule has 1 nitrogen and oxygen atoms in total. The van der Waals surface area contributed by atoms with E-state index in [1.807, 2.05) is 0 Å². The van der Waals surface area contributed by atoms with Gasteiger partial charge in [0.2, 0.25) is 0 Å². The standard InChI is InChI=1S/C8H16ClN/c1-7-3-2-4-8(10,5-7)6-9/h7H,2-6,10H2,1H3. The van der Waals surface area contributed by atoms with Gasteiger partial charge in [0.05, 0.1) is 0 Å². The van der Waals surface area contributed by atoms with Gasteiger partial charge in [0.15, 0.2) is 0 Å². The highest BCUT2D eigenvalue weighted by Gasteiger charge is 2.29. The first kappa shape index (κ1) is 8.35. The maximum atomic E-state index is 6.02. The summed E-state index contributed by atoms with van der Waals surface area (Å²) in [5.41, 5.74) is 5.97. The third kappa shape index (κ3) is 1.86. The van der Waals surface area contributed by atoms with Crippen molar-refractivity contribution in [1.29, 1.82) is 0 Å². The van der Waals surface area contributed by atoms with E-state index in [0.717, 1.165) is 18.8 Å². The zero-order valence-electron chi connectivity index (χ0n) is 6.57. The summed E-state index contributed by atoms with van der Waals surface area (Å²) in [6.07, 6.45) is 4.80. The van der Waals surface area contributed by atoms with Crippen LogP contribution in [0.15, 0.2) is 0 Å². The molecule has 0 aromatic carbocycles. The largest absolute Gasteiger partial charge is 0.324 e. The fourth-order valence-corrected chi connectivity index (χ4v) is 2.06. The predicted molar refractivity (Wildman–Crippen MR) is 45.3 cm³/mol. The third-order valence-electron chi connectivity index (χ3n) is 2.39. The molecule has 1 aliphatic rings. The first-order valence-electron chi connectivity index (χ1n) is 4.01. The van der Waals surface area contributed by atoms with E-state index >= 15 is 0 Å². The molecule has 2 heteroatoms. The molecular formula is C8H16ClN. The van der Waals surface area contributed by atoms with Gasteiger partial charge in [-0.1, -0.05) is 19.8 Å². The molecule has 10 heavy (non-hydrogen) atoms. The Bertz CT molecular complexity index is 116. The Morgan fingerprint density at radius 2 is 2.40 bits per heavy atom. The monoisotopic (exact) mass is 161 g/mol. The number of hydrogen-bond acceptors (Lipinski definition) is 1. The van der Waals surface area contributed by atoms with Crippen LogP contribution in [0.4, 0.5) is 0 Å². The molecule has 1 aliphatic carbocycles. The van der Waals surface area contributed by atoms with E-state index in [1.165, 1.54) is 12.8 Å². The fraction of sp³-hybridized carbons (Fsp3) is 1.00. The summed E-state index contributed by atoms with van der Waals surface area (Å²) in [7, 11) is 0. The average molecular weight is 162 g/mol. The van der Waals surface area contributed by atoms with Crippen LogP contribution < -0.4 is 5.73 Å². The molecule has 0 aromatic rings. The molecule has 0 spiro atoms. The Morgan fingerprint density at radius 1 is 1.70 bits per heavy atom. The Morgan fingerprint density at radius 3 is 2.80 bits per heavy atom. The van der Waals surface area contributed by atoms with Crippen molar-refractivity contribution in [3.63, 3.8) is 0 Å². The lowest BCUT2D eigenvalue weighted by Crippen LogP contribution is -2.45. The molecular weight excluding hydrogens is 146 g/mol. The van der Waals surface area contributed by atoms with E-state index in [-0.39, 0.29) is 5.54 Å². The van der Waals surface area contributed by atoms with Crippen molar-refractivity contribution in [2.24, 2.45) is 11.7 Å². The van der Waals surface area contributed by atoms with Crippen molar-refractivity contribution in [3.8, 4) is 0 Å². The van der Waals surface area contributed by atoms with E-state index < -0.39 is 0 Å². The molecule has 2 N–H and O–H groups in total. The van der Waals surface area contributed by atoms with Gasteiger partial charge in [-0.2, -0.15) is 0 Å². The van der Waals surface area contributed by atoms with Gasteiger partial charge in [-0.15, -0.1) is 11.6 Å². The van der Waals surface area contributed by atoms with Gasteiger partial charge < -0.3 is 5.73 Å². The van der Waals surface area contributed by atoms with Gasteiger partial charge in [0.25, 0.3) is 0 Å². The smallest absolute Gasteiger partial charge is 0.0404 e. The molecule has 0 heterocycles. The average Bonchev–Trinajstić information content (AvgIpc) is 1.88. The van der Waals surface area contributed by atoms with Crippen molar-refractivity contribution in [3.05, 3.63) is 0 Å². The van der Waals surface area contributed by atoms with Crippen molar-refractivity contribution < 1.29 is 0 Å². The molecule has 60 valence electrons. The van der Waals surface area contributed by atoms with Gasteiger partial charge in [-0.05, 0) is 18.8 Å². The molecule has 1 fully saturated rings. The zero-order valence-corrected chi connectivity index (χ0v) is 7.32. The Kier molecular flexibility index (Phi) is 2.59. The van der Waals surface area contributed by atoms with E-state index in [4.69, 9.17) is 17.3 Å². The number of nitrogens with two attached hydrogens (primary N) is 1. The Labute approximate surface area is 67.9 Å². The molecule has 0 bridgehead atoms. The number of halogens is 1. The molecule has 1 saturated carbocycles. The van der Waals surface area contributed by atoms with Gasteiger partial charge in [-0.3, -0.25) is 0 Å². The normalized spacial score (nSPS) is 41.7. The highest BCUT2D eigenvalue weighted by atomic mass is 35.5. The van der Waals surface area contributed by atoms with Crippen LogP contribution in [0.2, 0.25) is 0 Å². The second-order valence-corrected chi connectivity index (χ2v) is 3.96. The first-order valence-corrected chi connectivity index (χ1v) is 4.54. The lowest BCUT2D eigenvalue weighted by atomic mass is 9.78. The fourth-order valence-electron chi connectivity index (χ4n) is 1.82. The highest BCUT2D eigenvalue weighted by molar-refractivity contribution is 6.18. The molecule has 0 aliphatic heterocycles. The summed E-state index contributed by atoms with van der Waals surface area (Å²) >= 11 is 5.76. The number of hydrogen-bond donors (Lipinski definition) is 1. The highest BCUT2D eigenvalue weighted by Crippen LogP contribution is 2.30. The van der Waals surface area contributed by atoms with Crippen molar-refractivity contribution in [2.45, 2.75) is 38.1 Å². The summed E-state index contributed by atoms with van der Waals surface area (Å²) in [6.45, 7) is 2.26. The maximum absolute atomic E-state index is 6.02. The summed E-state index contributed by atoms with van der Waals surface area (Å²) < 4.78 is 0. The first-order chi connectivity index (χ1) is 4.66. The summed E-state index contributed by atoms with van der Waals surface area (Å²) in [4.78, 5) is 0. The second-order valence-electron chi connectivity index (χ2n) is 3.70. The quantitative estimate of drug-likeness (QED) is 0.586. The molecule has 0 aromatic heterocycles. The Hall–Kier alpha value is 0.250. The minimum absolute atomic E-state index is 0.0424. The van der Waals surface area contributed by atoms with E-state index in [1.54, 1.807) is 0 Å². The minimum Gasteiger partial charge on any atom is -0.324 e. The van der Waals surface area contributed by atoms with Crippen molar-refractivity contribution in [1.82, 2.24) is 0 Å². The minimum atomic E-state index is -0.0424. The van der Waals surface area contributed by atoms with Gasteiger partial charge in [0, 0.05) is 11.4 Å². The Balaban J connectivity index is 2.45. The summed E-state index contributed by atoms with van der Waals surface area (Å²) in [5.74, 6) is 1.40. The zero-order chi connectivity index (χ0) is 7.61. The molecule has 0 radical (unpaired) electrons. The van der Waals surface area contributed by atoms with E-state index in [0.29, 0.717) is 5.88 Å². The number of alkyl halides is 1. The number of rotatable bonds is 1. The van der Waals surface area contributed by atoms with Crippen LogP contribution in [0.3, 0.4) is 0 Å². The van der Waals surface area contributed by atoms with Crippen LogP contribution in [-0.2, 0) is 0 Å². The van der Waals surface area contributed by atoms with Crippen LogP contribution in [0.25, 0.3) is 0 Å². The molecule has 2 unspecified atom stereocenters. The van der Waals surface area contributed by atoms with Gasteiger partial charge >= 0.3 is 0 Å². The summed E-state index contributed by atoms with van der Waals surface area (Å²) in [5, 5.41) is 0. The van der Waals surface area contributed by atoms with Gasteiger partial charge in [-0.25, -0.2) is 0 Å². The topological polar surface area (TPSA) is 26.0 Å². The second kappa shape index (κ2) is 3.10. The molecule has 0 amide bonds. The van der Waals surface area contributed by atoms with Gasteiger partial charge in [0.1, 0.15) is 0 Å². The maximum Gasteiger partial charge on any atom is 0.0404 e. The van der Waals surface area contributed by atoms with Crippen molar-refractivity contribution in [2.75, 3.05) is 5.88 Å². The molecule has 0 saturated heterocycles. The van der Waals surface area contributed by atoms with Crippen LogP contribution in [0, 0.1) is 5.92 Å². The SMILES string of the molecule is CC1CCCC(N)(CCl)C1.